The molecule has 0 aliphatic carbocycles. The highest BCUT2D eigenvalue weighted by Gasteiger charge is 2.23. The van der Waals surface area contributed by atoms with Crippen LogP contribution < -0.4 is 5.73 Å². The highest BCUT2D eigenvalue weighted by atomic mass is 32.1. The summed E-state index contributed by atoms with van der Waals surface area (Å²) in [7, 11) is 0. The normalized spacial score (nSPS) is 16.5. The summed E-state index contributed by atoms with van der Waals surface area (Å²) in [5.41, 5.74) is 6.62. The summed E-state index contributed by atoms with van der Waals surface area (Å²) in [5, 5.41) is 0. The maximum absolute atomic E-state index is 11.2. The Morgan fingerprint density at radius 2 is 1.78 bits per heavy atom. The Bertz CT molecular complexity index is 714. The number of hydrogen-bond donors (Lipinski definition) is 1. The lowest BCUT2D eigenvalue weighted by molar-refractivity contribution is -0.123. The highest BCUT2D eigenvalue weighted by Crippen LogP contribution is 2.17. The SMILES string of the molecule is NC(=O)C1CCN(Cn2ccn(Cc3ccccc3)c2=S)CC1. The van der Waals surface area contributed by atoms with Gasteiger partial charge in [0.1, 0.15) is 0 Å². The Morgan fingerprint density at radius 3 is 2.43 bits per heavy atom. The van der Waals surface area contributed by atoms with E-state index < -0.39 is 0 Å². The van der Waals surface area contributed by atoms with Gasteiger partial charge in [0.2, 0.25) is 5.91 Å². The van der Waals surface area contributed by atoms with E-state index in [1.165, 1.54) is 5.56 Å². The highest BCUT2D eigenvalue weighted by molar-refractivity contribution is 7.71. The molecule has 1 aromatic carbocycles. The lowest BCUT2D eigenvalue weighted by Crippen LogP contribution is -2.39. The van der Waals surface area contributed by atoms with Crippen molar-refractivity contribution in [3.05, 3.63) is 53.1 Å². The molecule has 2 heterocycles. The van der Waals surface area contributed by atoms with Crippen molar-refractivity contribution in [2.45, 2.75) is 26.1 Å². The topological polar surface area (TPSA) is 56.2 Å². The van der Waals surface area contributed by atoms with Crippen LogP contribution in [0.1, 0.15) is 18.4 Å². The van der Waals surface area contributed by atoms with E-state index in [9.17, 15) is 4.79 Å². The second kappa shape index (κ2) is 7.10. The van der Waals surface area contributed by atoms with Crippen molar-refractivity contribution in [3.63, 3.8) is 0 Å². The van der Waals surface area contributed by atoms with E-state index in [0.29, 0.717) is 0 Å². The number of carbonyl (C=O) groups excluding carboxylic acids is 1. The Balaban J connectivity index is 1.62. The van der Waals surface area contributed by atoms with Crippen LogP contribution in [0.25, 0.3) is 0 Å². The first kappa shape index (κ1) is 16.0. The molecular formula is C17H22N4OS. The molecule has 1 fully saturated rings. The first-order chi connectivity index (χ1) is 11.1. The van der Waals surface area contributed by atoms with Crippen molar-refractivity contribution in [1.82, 2.24) is 14.0 Å². The van der Waals surface area contributed by atoms with Gasteiger partial charge in [-0.25, -0.2) is 0 Å². The van der Waals surface area contributed by atoms with E-state index in [1.54, 1.807) is 0 Å². The number of carbonyl (C=O) groups is 1. The Hall–Kier alpha value is -1.92. The van der Waals surface area contributed by atoms with Crippen molar-refractivity contribution in [3.8, 4) is 0 Å². The van der Waals surface area contributed by atoms with Gasteiger partial charge in [-0.15, -0.1) is 0 Å². The molecule has 2 aromatic rings. The molecule has 122 valence electrons. The van der Waals surface area contributed by atoms with Gasteiger partial charge in [-0.3, -0.25) is 9.69 Å². The lowest BCUT2D eigenvalue weighted by Gasteiger charge is -2.30. The fourth-order valence-electron chi connectivity index (χ4n) is 3.04. The van der Waals surface area contributed by atoms with Gasteiger partial charge in [-0.05, 0) is 30.6 Å². The third-order valence-corrected chi connectivity index (χ3v) is 4.93. The second-order valence-electron chi connectivity index (χ2n) is 6.10. The molecule has 0 spiro atoms. The van der Waals surface area contributed by atoms with Gasteiger partial charge in [0.25, 0.3) is 0 Å². The van der Waals surface area contributed by atoms with Gasteiger partial charge in [0.05, 0.1) is 6.67 Å². The standard InChI is InChI=1S/C17H22N4OS/c18-16(22)15-6-8-19(9-7-15)13-21-11-10-20(17(21)23)12-14-4-2-1-3-5-14/h1-5,10-11,15H,6-9,12-13H2,(H2,18,22). The minimum atomic E-state index is -0.171. The van der Waals surface area contributed by atoms with Crippen molar-refractivity contribution in [1.29, 1.82) is 0 Å². The van der Waals surface area contributed by atoms with Crippen molar-refractivity contribution in [2.24, 2.45) is 11.7 Å². The Morgan fingerprint density at radius 1 is 1.13 bits per heavy atom. The number of piperidine rings is 1. The fourth-order valence-corrected chi connectivity index (χ4v) is 3.28. The quantitative estimate of drug-likeness (QED) is 0.855. The van der Waals surface area contributed by atoms with Crippen LogP contribution in [0.3, 0.4) is 0 Å². The number of likely N-dealkylation sites (tertiary alicyclic amines) is 1. The van der Waals surface area contributed by atoms with Crippen LogP contribution >= 0.6 is 12.2 Å². The first-order valence-corrected chi connectivity index (χ1v) is 8.35. The van der Waals surface area contributed by atoms with E-state index in [1.807, 2.05) is 30.6 Å². The average Bonchev–Trinajstić information content (AvgIpc) is 2.90. The maximum atomic E-state index is 11.2. The molecule has 0 atom stereocenters. The second-order valence-corrected chi connectivity index (χ2v) is 6.47. The third-order valence-electron chi connectivity index (χ3n) is 4.46. The summed E-state index contributed by atoms with van der Waals surface area (Å²) in [6.45, 7) is 3.33. The van der Waals surface area contributed by atoms with Crippen molar-refractivity contribution in [2.75, 3.05) is 13.1 Å². The van der Waals surface area contributed by atoms with Gasteiger partial charge in [0, 0.05) is 37.9 Å². The molecule has 23 heavy (non-hydrogen) atoms. The lowest BCUT2D eigenvalue weighted by atomic mass is 9.97. The van der Waals surface area contributed by atoms with Gasteiger partial charge in [-0.1, -0.05) is 30.3 Å². The van der Waals surface area contributed by atoms with Crippen LogP contribution in [0.5, 0.6) is 0 Å². The molecule has 0 unspecified atom stereocenters. The van der Waals surface area contributed by atoms with Crippen molar-refractivity contribution < 1.29 is 4.79 Å². The molecule has 0 bridgehead atoms. The van der Waals surface area contributed by atoms with Crippen LogP contribution in [0.2, 0.25) is 0 Å². The Kier molecular flexibility index (Phi) is 4.93. The molecule has 0 saturated carbocycles. The third kappa shape index (κ3) is 3.89. The number of nitrogens with zero attached hydrogens (tertiary/aromatic N) is 3. The zero-order valence-corrected chi connectivity index (χ0v) is 13.9. The zero-order valence-electron chi connectivity index (χ0n) is 13.1. The van der Waals surface area contributed by atoms with E-state index in [-0.39, 0.29) is 11.8 Å². The monoisotopic (exact) mass is 330 g/mol. The van der Waals surface area contributed by atoms with Gasteiger partial charge in [-0.2, -0.15) is 0 Å². The summed E-state index contributed by atoms with van der Waals surface area (Å²) in [5.74, 6) is -0.142. The summed E-state index contributed by atoms with van der Waals surface area (Å²) >= 11 is 5.58. The average molecular weight is 330 g/mol. The van der Waals surface area contributed by atoms with E-state index in [2.05, 4.69) is 26.2 Å². The largest absolute Gasteiger partial charge is 0.369 e. The molecule has 1 saturated heterocycles. The minimum absolute atomic E-state index is 0.0295. The molecule has 2 N–H and O–H groups in total. The summed E-state index contributed by atoms with van der Waals surface area (Å²) in [6.07, 6.45) is 5.75. The molecule has 1 amide bonds. The number of primary amides is 1. The molecule has 0 radical (unpaired) electrons. The van der Waals surface area contributed by atoms with Crippen LogP contribution in [0.15, 0.2) is 42.7 Å². The molecule has 6 heteroatoms. The predicted molar refractivity (Wildman–Crippen MR) is 92.3 cm³/mol. The number of imidazole rings is 1. The summed E-state index contributed by atoms with van der Waals surface area (Å²) < 4.78 is 5.00. The molecule has 5 nitrogen and oxygen atoms in total. The van der Waals surface area contributed by atoms with Crippen LogP contribution in [0, 0.1) is 10.7 Å². The molecule has 3 rings (SSSR count). The van der Waals surface area contributed by atoms with Crippen LogP contribution in [-0.2, 0) is 18.0 Å². The van der Waals surface area contributed by atoms with Gasteiger partial charge in [0.15, 0.2) is 4.77 Å². The van der Waals surface area contributed by atoms with Crippen molar-refractivity contribution >= 4 is 18.1 Å². The number of amides is 1. The number of nitrogens with two attached hydrogens (primary N) is 1. The molecule has 1 aliphatic heterocycles. The molecule has 1 aromatic heterocycles. The van der Waals surface area contributed by atoms with Crippen LogP contribution in [0.4, 0.5) is 0 Å². The van der Waals surface area contributed by atoms with Gasteiger partial charge < -0.3 is 14.9 Å². The summed E-state index contributed by atoms with van der Waals surface area (Å²) in [6, 6.07) is 10.3. The number of rotatable bonds is 5. The predicted octanol–water partition coefficient (Wildman–Crippen LogP) is 2.22. The maximum Gasteiger partial charge on any atom is 0.220 e. The Labute approximate surface area is 141 Å². The first-order valence-electron chi connectivity index (χ1n) is 7.94. The zero-order chi connectivity index (χ0) is 16.2. The smallest absolute Gasteiger partial charge is 0.220 e. The van der Waals surface area contributed by atoms with Gasteiger partial charge >= 0.3 is 0 Å². The van der Waals surface area contributed by atoms with Crippen LogP contribution in [-0.4, -0.2) is 33.0 Å². The number of aromatic nitrogens is 2. The molecular weight excluding hydrogens is 308 g/mol. The summed E-state index contributed by atoms with van der Waals surface area (Å²) in [4.78, 5) is 13.6. The number of hydrogen-bond acceptors (Lipinski definition) is 3. The molecule has 1 aliphatic rings. The van der Waals surface area contributed by atoms with E-state index >= 15 is 0 Å². The van der Waals surface area contributed by atoms with E-state index in [4.69, 9.17) is 18.0 Å². The fraction of sp³-hybridized carbons (Fsp3) is 0.412. The minimum Gasteiger partial charge on any atom is -0.369 e. The number of benzene rings is 1. The van der Waals surface area contributed by atoms with E-state index in [0.717, 1.165) is 43.9 Å².